The SMILES string of the molecule is COC(=O)C(=[N+]=[N-])C(=O)CCNC(=O)C(C)(C)C. The summed E-state index contributed by atoms with van der Waals surface area (Å²) in [4.78, 5) is 36.5. The predicted molar refractivity (Wildman–Crippen MR) is 62.7 cm³/mol. The molecule has 0 saturated heterocycles. The highest BCUT2D eigenvalue weighted by atomic mass is 16.5. The molecule has 18 heavy (non-hydrogen) atoms. The maximum Gasteiger partial charge on any atom is 0.441 e. The van der Waals surface area contributed by atoms with Crippen LogP contribution in [0.3, 0.4) is 0 Å². The number of ether oxygens (including phenoxy) is 1. The van der Waals surface area contributed by atoms with Gasteiger partial charge in [0, 0.05) is 18.4 Å². The van der Waals surface area contributed by atoms with Crippen LogP contribution in [0.25, 0.3) is 5.53 Å². The van der Waals surface area contributed by atoms with E-state index in [0.29, 0.717) is 0 Å². The zero-order valence-corrected chi connectivity index (χ0v) is 10.9. The number of Topliss-reactive ketones (excluding diaryl/α,β-unsaturated/α-hetero) is 1. The first-order valence-electron chi connectivity index (χ1n) is 5.36. The number of methoxy groups -OCH3 is 1. The third-order valence-corrected chi connectivity index (χ3v) is 2.06. The van der Waals surface area contributed by atoms with Crippen LogP contribution in [0.15, 0.2) is 0 Å². The van der Waals surface area contributed by atoms with Crippen molar-refractivity contribution in [1.82, 2.24) is 5.32 Å². The lowest BCUT2D eigenvalue weighted by molar-refractivity contribution is -0.139. The van der Waals surface area contributed by atoms with Gasteiger partial charge in [-0.1, -0.05) is 20.8 Å². The first kappa shape index (κ1) is 16.0. The number of nitrogens with one attached hydrogen (secondary N) is 1. The number of ketones is 1. The van der Waals surface area contributed by atoms with Gasteiger partial charge >= 0.3 is 11.7 Å². The fraction of sp³-hybridized carbons (Fsp3) is 0.636. The van der Waals surface area contributed by atoms with E-state index in [0.717, 1.165) is 7.11 Å². The maximum absolute atomic E-state index is 11.5. The fourth-order valence-corrected chi connectivity index (χ4v) is 0.980. The number of amides is 1. The average Bonchev–Trinajstić information content (AvgIpc) is 2.28. The number of hydrogen-bond donors (Lipinski definition) is 1. The van der Waals surface area contributed by atoms with Gasteiger partial charge in [-0.05, 0) is 0 Å². The molecule has 0 aliphatic carbocycles. The highest BCUT2D eigenvalue weighted by Gasteiger charge is 2.30. The topological polar surface area (TPSA) is 109 Å². The molecular weight excluding hydrogens is 238 g/mol. The summed E-state index contributed by atoms with van der Waals surface area (Å²) in [7, 11) is 1.07. The van der Waals surface area contributed by atoms with Gasteiger partial charge in [-0.3, -0.25) is 9.59 Å². The summed E-state index contributed by atoms with van der Waals surface area (Å²) in [5, 5.41) is 2.54. The lowest BCUT2D eigenvalue weighted by atomic mass is 9.95. The van der Waals surface area contributed by atoms with E-state index in [1.165, 1.54) is 0 Å². The summed E-state index contributed by atoms with van der Waals surface area (Å²) in [6, 6.07) is 0. The second-order valence-electron chi connectivity index (χ2n) is 4.62. The van der Waals surface area contributed by atoms with Gasteiger partial charge in [0.05, 0.1) is 7.11 Å². The van der Waals surface area contributed by atoms with Crippen molar-refractivity contribution < 1.29 is 23.9 Å². The molecule has 0 spiro atoms. The minimum atomic E-state index is -1.01. The van der Waals surface area contributed by atoms with Crippen LogP contribution in [0.4, 0.5) is 0 Å². The van der Waals surface area contributed by atoms with Crippen molar-refractivity contribution in [3.8, 4) is 0 Å². The molecule has 1 amide bonds. The van der Waals surface area contributed by atoms with Crippen molar-refractivity contribution in [1.29, 1.82) is 0 Å². The van der Waals surface area contributed by atoms with E-state index < -0.39 is 22.9 Å². The predicted octanol–water partition coefficient (Wildman–Crippen LogP) is -0.0483. The minimum Gasteiger partial charge on any atom is -0.460 e. The Hall–Kier alpha value is -2.01. The largest absolute Gasteiger partial charge is 0.460 e. The van der Waals surface area contributed by atoms with Gasteiger partial charge < -0.3 is 15.6 Å². The molecule has 0 radical (unpaired) electrons. The summed E-state index contributed by atoms with van der Waals surface area (Å²) >= 11 is 0. The molecule has 0 aliphatic rings. The Bertz CT molecular complexity index is 403. The molecule has 0 saturated carbocycles. The van der Waals surface area contributed by atoms with E-state index in [2.05, 4.69) is 14.8 Å². The van der Waals surface area contributed by atoms with Gasteiger partial charge in [-0.25, -0.2) is 4.79 Å². The lowest BCUT2D eigenvalue weighted by Gasteiger charge is -2.16. The van der Waals surface area contributed by atoms with Crippen LogP contribution in [-0.2, 0) is 19.1 Å². The fourth-order valence-electron chi connectivity index (χ4n) is 0.980. The Labute approximate surface area is 105 Å². The van der Waals surface area contributed by atoms with Crippen LogP contribution in [0.1, 0.15) is 27.2 Å². The Morgan fingerprint density at radius 2 is 1.83 bits per heavy atom. The number of carbonyl (C=O) groups is 3. The number of hydrogen-bond acceptors (Lipinski definition) is 4. The van der Waals surface area contributed by atoms with Crippen LogP contribution in [0, 0.1) is 5.41 Å². The van der Waals surface area contributed by atoms with Crippen LogP contribution < -0.4 is 5.32 Å². The molecule has 7 heteroatoms. The molecule has 0 fully saturated rings. The molecule has 1 N–H and O–H groups in total. The van der Waals surface area contributed by atoms with Gasteiger partial charge in [0.25, 0.3) is 5.78 Å². The molecule has 0 rings (SSSR count). The quantitative estimate of drug-likeness (QED) is 0.244. The minimum absolute atomic E-state index is 0.0605. The number of rotatable bonds is 5. The zero-order valence-electron chi connectivity index (χ0n) is 10.9. The zero-order chi connectivity index (χ0) is 14.3. The normalized spacial score (nSPS) is 10.2. The molecule has 0 bridgehead atoms. The summed E-state index contributed by atoms with van der Waals surface area (Å²) in [6.07, 6.45) is -0.143. The van der Waals surface area contributed by atoms with E-state index in [4.69, 9.17) is 5.53 Å². The second-order valence-corrected chi connectivity index (χ2v) is 4.62. The molecule has 0 aliphatic heterocycles. The van der Waals surface area contributed by atoms with Crippen LogP contribution in [0.5, 0.6) is 0 Å². The van der Waals surface area contributed by atoms with Crippen molar-refractivity contribution in [2.45, 2.75) is 27.2 Å². The Kier molecular flexibility index (Phi) is 5.92. The number of esters is 1. The van der Waals surface area contributed by atoms with Crippen LogP contribution in [-0.4, -0.2) is 41.8 Å². The maximum atomic E-state index is 11.5. The number of carbonyl (C=O) groups excluding carboxylic acids is 3. The first-order valence-corrected chi connectivity index (χ1v) is 5.36. The monoisotopic (exact) mass is 255 g/mol. The molecular formula is C11H17N3O4. The van der Waals surface area contributed by atoms with Crippen molar-refractivity contribution in [3.05, 3.63) is 5.53 Å². The standard InChI is InChI=1S/C11H17N3O4/c1-11(2,3)10(17)13-6-5-7(15)8(14-12)9(16)18-4/h5-6H2,1-4H3,(H,13,17). The average molecular weight is 255 g/mol. The highest BCUT2D eigenvalue weighted by molar-refractivity contribution is 6.62. The molecule has 0 atom stereocenters. The van der Waals surface area contributed by atoms with E-state index in [-0.39, 0.29) is 18.9 Å². The molecule has 0 heterocycles. The van der Waals surface area contributed by atoms with Gasteiger partial charge in [0.1, 0.15) is 0 Å². The molecule has 7 nitrogen and oxygen atoms in total. The van der Waals surface area contributed by atoms with E-state index >= 15 is 0 Å². The second kappa shape index (κ2) is 6.66. The molecule has 0 aromatic carbocycles. The molecule has 0 unspecified atom stereocenters. The number of nitrogens with zero attached hydrogens (tertiary/aromatic N) is 2. The van der Waals surface area contributed by atoms with Crippen molar-refractivity contribution in [2.24, 2.45) is 5.41 Å². The van der Waals surface area contributed by atoms with Gasteiger partial charge in [0.2, 0.25) is 5.91 Å². The summed E-state index contributed by atoms with van der Waals surface area (Å²) in [5.41, 5.74) is 7.28. The van der Waals surface area contributed by atoms with E-state index in [1.807, 2.05) is 0 Å². The summed E-state index contributed by atoms with van der Waals surface area (Å²) < 4.78 is 4.27. The van der Waals surface area contributed by atoms with Crippen LogP contribution >= 0.6 is 0 Å². The Morgan fingerprint density at radius 1 is 1.28 bits per heavy atom. The molecule has 0 aromatic rings. The highest BCUT2D eigenvalue weighted by Crippen LogP contribution is 2.12. The molecule has 100 valence electrons. The van der Waals surface area contributed by atoms with E-state index in [1.54, 1.807) is 20.8 Å². The Balaban J connectivity index is 4.33. The van der Waals surface area contributed by atoms with Crippen LogP contribution in [0.2, 0.25) is 0 Å². The van der Waals surface area contributed by atoms with Gasteiger partial charge in [0.15, 0.2) is 0 Å². The first-order chi connectivity index (χ1) is 8.23. The molecule has 0 aromatic heterocycles. The smallest absolute Gasteiger partial charge is 0.441 e. The third kappa shape index (κ3) is 4.88. The van der Waals surface area contributed by atoms with Crippen molar-refractivity contribution in [2.75, 3.05) is 13.7 Å². The third-order valence-electron chi connectivity index (χ3n) is 2.06. The van der Waals surface area contributed by atoms with Gasteiger partial charge in [-0.15, -0.1) is 0 Å². The van der Waals surface area contributed by atoms with Crippen molar-refractivity contribution in [3.63, 3.8) is 0 Å². The summed E-state index contributed by atoms with van der Waals surface area (Å²) in [5.74, 6) is -1.92. The summed E-state index contributed by atoms with van der Waals surface area (Å²) in [6.45, 7) is 5.27. The Morgan fingerprint density at radius 3 is 2.22 bits per heavy atom. The van der Waals surface area contributed by atoms with Crippen molar-refractivity contribution >= 4 is 23.4 Å². The van der Waals surface area contributed by atoms with Gasteiger partial charge in [-0.2, -0.15) is 4.79 Å². The lowest BCUT2D eigenvalue weighted by Crippen LogP contribution is -2.37. The van der Waals surface area contributed by atoms with E-state index in [9.17, 15) is 14.4 Å².